The zero-order valence-electron chi connectivity index (χ0n) is 10.5. The molecule has 1 aromatic heterocycles. The topological polar surface area (TPSA) is 48.9 Å². The summed E-state index contributed by atoms with van der Waals surface area (Å²) in [5, 5.41) is 10.7. The highest BCUT2D eigenvalue weighted by molar-refractivity contribution is 7.99. The Morgan fingerprint density at radius 3 is 3.00 bits per heavy atom. The molecule has 3 nitrogen and oxygen atoms in total. The van der Waals surface area contributed by atoms with E-state index in [9.17, 15) is 5.11 Å². The summed E-state index contributed by atoms with van der Waals surface area (Å²) in [7, 11) is 0. The largest absolute Gasteiger partial charge is 0.392 e. The van der Waals surface area contributed by atoms with Crippen molar-refractivity contribution < 1.29 is 5.11 Å². The lowest BCUT2D eigenvalue weighted by molar-refractivity contribution is 0.189. The number of aliphatic hydroxyl groups is 1. The summed E-state index contributed by atoms with van der Waals surface area (Å²) in [6, 6.07) is 7.94. The number of nitrogens with one attached hydrogen (secondary N) is 1. The Kier molecular flexibility index (Phi) is 4.44. The van der Waals surface area contributed by atoms with Crippen molar-refractivity contribution in [2.45, 2.75) is 31.0 Å². The van der Waals surface area contributed by atoms with Gasteiger partial charge in [-0.15, -0.1) is 6.58 Å². The lowest BCUT2D eigenvalue weighted by Gasteiger charge is -2.08. The first-order chi connectivity index (χ1) is 8.65. The van der Waals surface area contributed by atoms with Crippen molar-refractivity contribution in [1.82, 2.24) is 9.97 Å². The molecular formula is C14H18N2OS. The molecule has 0 saturated heterocycles. The van der Waals surface area contributed by atoms with Crippen LogP contribution in [-0.2, 0) is 0 Å². The Labute approximate surface area is 111 Å². The predicted octanol–water partition coefficient (Wildman–Crippen LogP) is 3.37. The van der Waals surface area contributed by atoms with Crippen LogP contribution in [0.3, 0.4) is 0 Å². The number of para-hydroxylation sites is 2. The van der Waals surface area contributed by atoms with E-state index in [2.05, 4.69) is 16.5 Å². The van der Waals surface area contributed by atoms with Gasteiger partial charge in [0, 0.05) is 5.75 Å². The van der Waals surface area contributed by atoms with Crippen LogP contribution in [-0.4, -0.2) is 26.9 Å². The van der Waals surface area contributed by atoms with E-state index in [0.717, 1.165) is 34.6 Å². The third-order valence-electron chi connectivity index (χ3n) is 2.68. The summed E-state index contributed by atoms with van der Waals surface area (Å²) in [6.07, 6.45) is 1.34. The molecule has 1 aromatic carbocycles. The van der Waals surface area contributed by atoms with Gasteiger partial charge in [-0.3, -0.25) is 0 Å². The Morgan fingerprint density at radius 1 is 1.50 bits per heavy atom. The third kappa shape index (κ3) is 3.62. The molecule has 18 heavy (non-hydrogen) atoms. The van der Waals surface area contributed by atoms with Crippen molar-refractivity contribution >= 4 is 22.8 Å². The summed E-state index contributed by atoms with van der Waals surface area (Å²) in [5.41, 5.74) is 3.12. The van der Waals surface area contributed by atoms with E-state index in [1.54, 1.807) is 11.8 Å². The van der Waals surface area contributed by atoms with Crippen molar-refractivity contribution in [2.75, 3.05) is 5.75 Å². The zero-order valence-corrected chi connectivity index (χ0v) is 11.3. The summed E-state index contributed by atoms with van der Waals surface area (Å²) >= 11 is 1.56. The second-order valence-corrected chi connectivity index (χ2v) is 5.53. The lowest BCUT2D eigenvalue weighted by Crippen LogP contribution is -2.09. The fourth-order valence-electron chi connectivity index (χ4n) is 1.67. The molecule has 1 unspecified atom stereocenters. The van der Waals surface area contributed by atoms with Crippen LogP contribution in [0.15, 0.2) is 41.6 Å². The van der Waals surface area contributed by atoms with Crippen LogP contribution in [0.25, 0.3) is 11.0 Å². The third-order valence-corrected chi connectivity index (χ3v) is 3.70. The van der Waals surface area contributed by atoms with Crippen molar-refractivity contribution in [1.29, 1.82) is 0 Å². The second-order valence-electron chi connectivity index (χ2n) is 4.52. The number of thioether (sulfide) groups is 1. The quantitative estimate of drug-likeness (QED) is 0.620. The maximum Gasteiger partial charge on any atom is 0.166 e. The van der Waals surface area contributed by atoms with Gasteiger partial charge in [0.25, 0.3) is 0 Å². The number of allylic oxidation sites excluding steroid dienone is 1. The van der Waals surface area contributed by atoms with Gasteiger partial charge in [0.2, 0.25) is 0 Å². The minimum Gasteiger partial charge on any atom is -0.392 e. The normalized spacial score (nSPS) is 12.8. The molecule has 0 fully saturated rings. The number of aromatic amines is 1. The highest BCUT2D eigenvalue weighted by atomic mass is 32.2. The first-order valence-electron chi connectivity index (χ1n) is 6.05. The number of rotatable bonds is 6. The molecule has 0 saturated carbocycles. The Balaban J connectivity index is 1.87. The number of hydrogen-bond acceptors (Lipinski definition) is 3. The van der Waals surface area contributed by atoms with E-state index in [4.69, 9.17) is 0 Å². The molecule has 2 N–H and O–H groups in total. The van der Waals surface area contributed by atoms with Gasteiger partial charge in [0.1, 0.15) is 0 Å². The van der Waals surface area contributed by atoms with Crippen molar-refractivity contribution in [3.05, 3.63) is 36.4 Å². The SMILES string of the molecule is C=C(C)CCC(O)CSc1nc2ccccc2[nH]1. The van der Waals surface area contributed by atoms with E-state index < -0.39 is 0 Å². The number of aliphatic hydroxyl groups excluding tert-OH is 1. The molecule has 2 rings (SSSR count). The van der Waals surface area contributed by atoms with Gasteiger partial charge in [0.05, 0.1) is 17.1 Å². The van der Waals surface area contributed by atoms with E-state index in [0.29, 0.717) is 5.75 Å². The molecule has 2 aromatic rings. The van der Waals surface area contributed by atoms with Gasteiger partial charge in [0.15, 0.2) is 5.16 Å². The van der Waals surface area contributed by atoms with E-state index in [1.165, 1.54) is 0 Å². The average Bonchev–Trinajstić information content (AvgIpc) is 2.76. The summed E-state index contributed by atoms with van der Waals surface area (Å²) in [6.45, 7) is 5.82. The van der Waals surface area contributed by atoms with Crippen molar-refractivity contribution in [2.24, 2.45) is 0 Å². The second kappa shape index (κ2) is 6.07. The highest BCUT2D eigenvalue weighted by Crippen LogP contribution is 2.21. The van der Waals surface area contributed by atoms with Crippen LogP contribution in [0.1, 0.15) is 19.8 Å². The number of fused-ring (bicyclic) bond motifs is 1. The molecule has 0 aliphatic heterocycles. The molecule has 0 aliphatic rings. The maximum atomic E-state index is 9.83. The number of hydrogen-bond donors (Lipinski definition) is 2. The molecule has 1 atom stereocenters. The monoisotopic (exact) mass is 262 g/mol. The van der Waals surface area contributed by atoms with Crippen molar-refractivity contribution in [3.8, 4) is 0 Å². The van der Waals surface area contributed by atoms with Gasteiger partial charge >= 0.3 is 0 Å². The molecule has 0 bridgehead atoms. The van der Waals surface area contributed by atoms with Gasteiger partial charge in [-0.1, -0.05) is 29.5 Å². The van der Waals surface area contributed by atoms with Gasteiger partial charge in [-0.05, 0) is 31.9 Å². The van der Waals surface area contributed by atoms with E-state index in [1.807, 2.05) is 31.2 Å². The summed E-state index contributed by atoms with van der Waals surface area (Å²) in [5.74, 6) is 0.660. The fraction of sp³-hybridized carbons (Fsp3) is 0.357. The van der Waals surface area contributed by atoms with Gasteiger partial charge < -0.3 is 10.1 Å². The predicted molar refractivity (Wildman–Crippen MR) is 76.9 cm³/mol. The Hall–Kier alpha value is -1.26. The number of aromatic nitrogens is 2. The maximum absolute atomic E-state index is 9.83. The minimum atomic E-state index is -0.306. The molecule has 0 spiro atoms. The summed E-state index contributed by atoms with van der Waals surface area (Å²) in [4.78, 5) is 7.70. The molecule has 4 heteroatoms. The Bertz CT molecular complexity index is 502. The van der Waals surface area contributed by atoms with Crippen LogP contribution in [0.2, 0.25) is 0 Å². The Morgan fingerprint density at radius 2 is 2.28 bits per heavy atom. The van der Waals surface area contributed by atoms with Crippen LogP contribution in [0.5, 0.6) is 0 Å². The average molecular weight is 262 g/mol. The molecule has 0 radical (unpaired) electrons. The number of H-pyrrole nitrogens is 1. The number of imidazole rings is 1. The van der Waals surface area contributed by atoms with E-state index >= 15 is 0 Å². The molecular weight excluding hydrogens is 244 g/mol. The van der Waals surface area contributed by atoms with Crippen LogP contribution in [0, 0.1) is 0 Å². The number of benzene rings is 1. The first kappa shape index (κ1) is 13.2. The fourth-order valence-corrected chi connectivity index (χ4v) is 2.53. The minimum absolute atomic E-state index is 0.306. The molecule has 0 aliphatic carbocycles. The number of nitrogens with zero attached hydrogens (tertiary/aromatic N) is 1. The highest BCUT2D eigenvalue weighted by Gasteiger charge is 2.08. The first-order valence-corrected chi connectivity index (χ1v) is 7.03. The standard InChI is InChI=1S/C14H18N2OS/c1-10(2)7-8-11(17)9-18-14-15-12-5-3-4-6-13(12)16-14/h3-6,11,17H,1,7-9H2,2H3,(H,15,16). The molecule has 1 heterocycles. The zero-order chi connectivity index (χ0) is 13.0. The lowest BCUT2D eigenvalue weighted by atomic mass is 10.1. The van der Waals surface area contributed by atoms with Crippen LogP contribution >= 0.6 is 11.8 Å². The van der Waals surface area contributed by atoms with Gasteiger partial charge in [-0.2, -0.15) is 0 Å². The van der Waals surface area contributed by atoms with Crippen LogP contribution in [0.4, 0.5) is 0 Å². The van der Waals surface area contributed by atoms with Gasteiger partial charge in [-0.25, -0.2) is 4.98 Å². The summed E-state index contributed by atoms with van der Waals surface area (Å²) < 4.78 is 0. The molecule has 0 amide bonds. The van der Waals surface area contributed by atoms with Crippen molar-refractivity contribution in [3.63, 3.8) is 0 Å². The smallest absolute Gasteiger partial charge is 0.166 e. The molecule has 96 valence electrons. The van der Waals surface area contributed by atoms with Crippen LogP contribution < -0.4 is 0 Å². The van der Waals surface area contributed by atoms with E-state index in [-0.39, 0.29) is 6.10 Å².